The van der Waals surface area contributed by atoms with Crippen molar-refractivity contribution in [3.63, 3.8) is 0 Å². The number of epoxide rings is 1. The van der Waals surface area contributed by atoms with Crippen LogP contribution in [0.4, 0.5) is 0 Å². The number of methoxy groups -OCH3 is 1. The van der Waals surface area contributed by atoms with Crippen molar-refractivity contribution in [2.24, 2.45) is 22.7 Å². The van der Waals surface area contributed by atoms with Gasteiger partial charge in [0.1, 0.15) is 11.7 Å². The molecule has 0 unspecified atom stereocenters. The maximum Gasteiger partial charge on any atom is 0.311 e. The summed E-state index contributed by atoms with van der Waals surface area (Å²) in [7, 11) is 1.44. The van der Waals surface area contributed by atoms with Crippen LogP contribution in [0.3, 0.4) is 0 Å². The average Bonchev–Trinajstić information content (AvgIpc) is 3.35. The second kappa shape index (κ2) is 5.20. The second-order valence-corrected chi connectivity index (χ2v) is 9.56. The summed E-state index contributed by atoms with van der Waals surface area (Å²) in [5, 5.41) is 11.6. The van der Waals surface area contributed by atoms with Gasteiger partial charge in [0.05, 0.1) is 12.5 Å². The molecule has 3 aliphatic carbocycles. The van der Waals surface area contributed by atoms with E-state index in [1.54, 1.807) is 6.08 Å². The monoisotopic (exact) mass is 362 g/mol. The molecule has 0 amide bonds. The number of rotatable bonds is 2. The SMILES string of the molecule is COC(=O)[C@]1(C)CCC[C@]2(C)C3=CC(=O)[C@@]4(C(C)C)O[C@H]4[C@]3(O)CC[C@@H]12. The van der Waals surface area contributed by atoms with Gasteiger partial charge in [-0.25, -0.2) is 0 Å². The van der Waals surface area contributed by atoms with E-state index in [1.807, 2.05) is 20.8 Å². The molecule has 5 heteroatoms. The quantitative estimate of drug-likeness (QED) is 0.604. The second-order valence-electron chi connectivity index (χ2n) is 9.56. The van der Waals surface area contributed by atoms with Crippen molar-refractivity contribution in [2.45, 2.75) is 77.1 Å². The van der Waals surface area contributed by atoms with Crippen LogP contribution >= 0.6 is 0 Å². The molecule has 5 nitrogen and oxygen atoms in total. The van der Waals surface area contributed by atoms with Crippen molar-refractivity contribution in [3.8, 4) is 0 Å². The molecule has 2 saturated carbocycles. The lowest BCUT2D eigenvalue weighted by Gasteiger charge is -2.59. The number of hydrogen-bond donors (Lipinski definition) is 1. The number of fused-ring (bicyclic) bond motifs is 5. The van der Waals surface area contributed by atoms with Gasteiger partial charge in [0.25, 0.3) is 0 Å². The molecule has 0 aromatic carbocycles. The fourth-order valence-corrected chi connectivity index (χ4v) is 6.63. The maximum absolute atomic E-state index is 13.0. The zero-order valence-corrected chi connectivity index (χ0v) is 16.4. The summed E-state index contributed by atoms with van der Waals surface area (Å²) >= 11 is 0. The van der Waals surface area contributed by atoms with Gasteiger partial charge >= 0.3 is 5.97 Å². The van der Waals surface area contributed by atoms with Crippen molar-refractivity contribution in [1.29, 1.82) is 0 Å². The first-order valence-corrected chi connectivity index (χ1v) is 9.83. The van der Waals surface area contributed by atoms with E-state index in [9.17, 15) is 14.7 Å². The molecule has 1 aliphatic heterocycles. The summed E-state index contributed by atoms with van der Waals surface area (Å²) in [5.41, 5.74) is -2.14. The highest BCUT2D eigenvalue weighted by atomic mass is 16.6. The highest BCUT2D eigenvalue weighted by Gasteiger charge is 2.76. The highest BCUT2D eigenvalue weighted by molar-refractivity contribution is 6.03. The Morgan fingerprint density at radius 3 is 2.62 bits per heavy atom. The number of esters is 1. The summed E-state index contributed by atoms with van der Waals surface area (Å²) in [6.07, 6.45) is 5.00. The van der Waals surface area contributed by atoms with E-state index >= 15 is 0 Å². The van der Waals surface area contributed by atoms with E-state index in [1.165, 1.54) is 7.11 Å². The van der Waals surface area contributed by atoms with Crippen LogP contribution in [0.15, 0.2) is 11.6 Å². The standard InChI is InChI=1S/C21H30O5/c1-12(2)21-15(22)11-14-18(3)8-6-9-19(4,17(23)25-5)13(18)7-10-20(14,24)16(21)26-21/h11-13,16,24H,6-10H2,1-5H3/t13-,16+,18+,19-,20+,21-/m1/s1. The normalized spacial score (nSPS) is 49.7. The van der Waals surface area contributed by atoms with Crippen LogP contribution in [0, 0.1) is 22.7 Å². The van der Waals surface area contributed by atoms with E-state index in [0.717, 1.165) is 31.3 Å². The van der Waals surface area contributed by atoms with E-state index < -0.39 is 22.7 Å². The molecule has 3 fully saturated rings. The predicted octanol–water partition coefficient (Wildman–Crippen LogP) is 2.80. The molecule has 26 heavy (non-hydrogen) atoms. The maximum atomic E-state index is 13.0. The molecular weight excluding hydrogens is 332 g/mol. The molecule has 1 heterocycles. The Morgan fingerprint density at radius 1 is 1.31 bits per heavy atom. The van der Waals surface area contributed by atoms with E-state index in [-0.39, 0.29) is 29.0 Å². The first-order chi connectivity index (χ1) is 12.1. The number of hydrogen-bond acceptors (Lipinski definition) is 5. The zero-order valence-electron chi connectivity index (χ0n) is 16.4. The van der Waals surface area contributed by atoms with Gasteiger partial charge in [-0.15, -0.1) is 0 Å². The van der Waals surface area contributed by atoms with Gasteiger partial charge in [0.2, 0.25) is 0 Å². The van der Waals surface area contributed by atoms with Gasteiger partial charge in [0.15, 0.2) is 11.4 Å². The number of carbonyl (C=O) groups is 2. The molecule has 4 aliphatic rings. The van der Waals surface area contributed by atoms with Crippen LogP contribution in [-0.4, -0.2) is 41.3 Å². The van der Waals surface area contributed by atoms with Gasteiger partial charge in [0, 0.05) is 0 Å². The number of ketones is 1. The van der Waals surface area contributed by atoms with Crippen molar-refractivity contribution < 1.29 is 24.2 Å². The lowest BCUT2D eigenvalue weighted by molar-refractivity contribution is -0.167. The molecule has 4 rings (SSSR count). The molecular formula is C21H30O5. The Labute approximate surface area is 155 Å². The smallest absolute Gasteiger partial charge is 0.311 e. The first-order valence-electron chi connectivity index (χ1n) is 9.83. The van der Waals surface area contributed by atoms with Crippen molar-refractivity contribution in [3.05, 3.63) is 11.6 Å². The lowest BCUT2D eigenvalue weighted by atomic mass is 9.45. The van der Waals surface area contributed by atoms with Gasteiger partial charge in [-0.2, -0.15) is 0 Å². The fraction of sp³-hybridized carbons (Fsp3) is 0.810. The molecule has 1 N–H and O–H groups in total. The highest BCUT2D eigenvalue weighted by Crippen LogP contribution is 2.67. The van der Waals surface area contributed by atoms with Crippen LogP contribution in [0.1, 0.15) is 59.8 Å². The summed E-state index contributed by atoms with van der Waals surface area (Å²) in [5.74, 6) is -0.120. The van der Waals surface area contributed by atoms with Crippen molar-refractivity contribution in [1.82, 2.24) is 0 Å². The zero-order chi connectivity index (χ0) is 19.1. The van der Waals surface area contributed by atoms with Crippen molar-refractivity contribution >= 4 is 11.8 Å². The fourth-order valence-electron chi connectivity index (χ4n) is 6.63. The van der Waals surface area contributed by atoms with Crippen LogP contribution in [0.5, 0.6) is 0 Å². The number of aliphatic hydroxyl groups is 1. The molecule has 0 spiro atoms. The third kappa shape index (κ3) is 1.89. The lowest BCUT2D eigenvalue weighted by Crippen LogP contribution is -2.61. The number of ether oxygens (including phenoxy) is 2. The summed E-state index contributed by atoms with van der Waals surface area (Å²) in [6.45, 7) is 8.05. The Kier molecular flexibility index (Phi) is 3.63. The Hall–Kier alpha value is -1.20. The Morgan fingerprint density at radius 2 is 2.00 bits per heavy atom. The summed E-state index contributed by atoms with van der Waals surface area (Å²) in [6, 6.07) is 0. The van der Waals surface area contributed by atoms with Gasteiger partial charge in [-0.3, -0.25) is 9.59 Å². The average molecular weight is 362 g/mol. The molecule has 0 aromatic rings. The van der Waals surface area contributed by atoms with Crippen LogP contribution < -0.4 is 0 Å². The predicted molar refractivity (Wildman–Crippen MR) is 95.3 cm³/mol. The largest absolute Gasteiger partial charge is 0.469 e. The third-order valence-electron chi connectivity index (χ3n) is 8.08. The molecule has 1 saturated heterocycles. The Bertz CT molecular complexity index is 711. The minimum atomic E-state index is -1.10. The molecule has 0 bridgehead atoms. The Balaban J connectivity index is 1.81. The van der Waals surface area contributed by atoms with E-state index in [4.69, 9.17) is 9.47 Å². The molecule has 6 atom stereocenters. The van der Waals surface area contributed by atoms with E-state index in [0.29, 0.717) is 6.42 Å². The first kappa shape index (κ1) is 18.2. The van der Waals surface area contributed by atoms with Gasteiger partial charge in [-0.1, -0.05) is 27.2 Å². The molecule has 0 aromatic heterocycles. The minimum Gasteiger partial charge on any atom is -0.469 e. The van der Waals surface area contributed by atoms with Crippen molar-refractivity contribution in [2.75, 3.05) is 7.11 Å². The minimum absolute atomic E-state index is 0.0237. The summed E-state index contributed by atoms with van der Waals surface area (Å²) < 4.78 is 11.0. The number of carbonyl (C=O) groups excluding carboxylic acids is 2. The molecule has 0 radical (unpaired) electrons. The van der Waals surface area contributed by atoms with Crippen LogP contribution in [-0.2, 0) is 19.1 Å². The topological polar surface area (TPSA) is 76.1 Å². The van der Waals surface area contributed by atoms with Gasteiger partial charge < -0.3 is 14.6 Å². The summed E-state index contributed by atoms with van der Waals surface area (Å²) in [4.78, 5) is 25.6. The molecule has 144 valence electrons. The van der Waals surface area contributed by atoms with Crippen LogP contribution in [0.25, 0.3) is 0 Å². The third-order valence-corrected chi connectivity index (χ3v) is 8.08. The van der Waals surface area contributed by atoms with Gasteiger partial charge in [-0.05, 0) is 61.5 Å². The van der Waals surface area contributed by atoms with E-state index in [2.05, 4.69) is 6.92 Å². The van der Waals surface area contributed by atoms with Crippen LogP contribution in [0.2, 0.25) is 0 Å².